The Hall–Kier alpha value is -2.18. The van der Waals surface area contributed by atoms with Crippen LogP contribution in [0.5, 0.6) is 0 Å². The molecule has 1 amide bonds. The second kappa shape index (κ2) is 6.98. The molecular formula is C18H27N3O4. The van der Waals surface area contributed by atoms with Crippen molar-refractivity contribution in [1.82, 2.24) is 14.5 Å². The van der Waals surface area contributed by atoms with Gasteiger partial charge in [0, 0.05) is 31.5 Å². The summed E-state index contributed by atoms with van der Waals surface area (Å²) in [6, 6.07) is -0.0278. The number of hydrogen-bond donors (Lipinski definition) is 0. The van der Waals surface area contributed by atoms with Gasteiger partial charge in [0.15, 0.2) is 17.9 Å². The Morgan fingerprint density at radius 1 is 1.32 bits per heavy atom. The molecule has 0 aromatic carbocycles. The minimum Gasteiger partial charge on any atom is -0.444 e. The number of imidazole rings is 1. The standard InChI is InChI=1S/C18H27N3O4/c1-11(2)21-15(10-22)19-12(3)16(21)14(23)7-13-8-20(9-13)17(24)25-18(4,5)6/h10-11,13H,7-9H2,1-6H3. The van der Waals surface area contributed by atoms with Crippen LogP contribution in [-0.2, 0) is 4.74 Å². The van der Waals surface area contributed by atoms with Crippen molar-refractivity contribution in [1.29, 1.82) is 0 Å². The third-order valence-corrected chi connectivity index (χ3v) is 4.08. The topological polar surface area (TPSA) is 81.5 Å². The molecule has 7 nitrogen and oxygen atoms in total. The van der Waals surface area contributed by atoms with Crippen LogP contribution in [0.4, 0.5) is 4.79 Å². The summed E-state index contributed by atoms with van der Waals surface area (Å²) < 4.78 is 7.01. The molecule has 1 saturated heterocycles. The Morgan fingerprint density at radius 3 is 2.40 bits per heavy atom. The van der Waals surface area contributed by atoms with Crippen molar-refractivity contribution >= 4 is 18.2 Å². The monoisotopic (exact) mass is 349 g/mol. The summed E-state index contributed by atoms with van der Waals surface area (Å²) in [4.78, 5) is 41.7. The van der Waals surface area contributed by atoms with Crippen molar-refractivity contribution in [2.45, 2.75) is 59.6 Å². The largest absolute Gasteiger partial charge is 0.444 e. The number of aryl methyl sites for hydroxylation is 1. The molecule has 138 valence electrons. The molecule has 0 unspecified atom stereocenters. The smallest absolute Gasteiger partial charge is 0.410 e. The van der Waals surface area contributed by atoms with Gasteiger partial charge in [-0.05, 0) is 41.5 Å². The van der Waals surface area contributed by atoms with E-state index in [0.717, 1.165) is 0 Å². The zero-order valence-corrected chi connectivity index (χ0v) is 15.8. The number of rotatable bonds is 5. The number of carbonyl (C=O) groups excluding carboxylic acids is 3. The molecule has 2 rings (SSSR count). The fourth-order valence-corrected chi connectivity index (χ4v) is 3.04. The van der Waals surface area contributed by atoms with Gasteiger partial charge in [0.25, 0.3) is 0 Å². The van der Waals surface area contributed by atoms with Crippen molar-refractivity contribution in [3.63, 3.8) is 0 Å². The average Bonchev–Trinajstić information content (AvgIpc) is 2.76. The van der Waals surface area contributed by atoms with Crippen LogP contribution in [-0.4, -0.2) is 51.3 Å². The van der Waals surface area contributed by atoms with Crippen molar-refractivity contribution < 1.29 is 19.1 Å². The first kappa shape index (κ1) is 19.1. The summed E-state index contributed by atoms with van der Waals surface area (Å²) in [5, 5.41) is 0. The number of likely N-dealkylation sites (tertiary alicyclic amines) is 1. The van der Waals surface area contributed by atoms with Crippen LogP contribution < -0.4 is 0 Å². The van der Waals surface area contributed by atoms with E-state index in [9.17, 15) is 14.4 Å². The first-order valence-electron chi connectivity index (χ1n) is 8.58. The molecule has 1 aliphatic heterocycles. The first-order valence-corrected chi connectivity index (χ1v) is 8.58. The molecule has 0 saturated carbocycles. The summed E-state index contributed by atoms with van der Waals surface area (Å²) in [5.41, 5.74) is 0.543. The van der Waals surface area contributed by atoms with Crippen molar-refractivity contribution in [3.05, 3.63) is 17.2 Å². The number of nitrogens with zero attached hydrogens (tertiary/aromatic N) is 3. The molecule has 0 N–H and O–H groups in total. The number of ether oxygens (including phenoxy) is 1. The van der Waals surface area contributed by atoms with Crippen LogP contribution >= 0.6 is 0 Å². The van der Waals surface area contributed by atoms with E-state index in [4.69, 9.17) is 4.74 Å². The summed E-state index contributed by atoms with van der Waals surface area (Å²) >= 11 is 0. The number of carbonyl (C=O) groups is 3. The van der Waals surface area contributed by atoms with Crippen LogP contribution in [0.25, 0.3) is 0 Å². The maximum absolute atomic E-state index is 12.7. The van der Waals surface area contributed by atoms with Gasteiger partial charge < -0.3 is 14.2 Å². The predicted molar refractivity (Wildman–Crippen MR) is 93.0 cm³/mol. The van der Waals surface area contributed by atoms with Crippen LogP contribution in [0, 0.1) is 12.8 Å². The van der Waals surface area contributed by atoms with Gasteiger partial charge in [0.2, 0.25) is 0 Å². The quantitative estimate of drug-likeness (QED) is 0.603. The molecule has 0 bridgehead atoms. The minimum absolute atomic E-state index is 0.0278. The predicted octanol–water partition coefficient (Wildman–Crippen LogP) is 3.02. The second-order valence-electron chi connectivity index (χ2n) is 7.86. The second-order valence-corrected chi connectivity index (χ2v) is 7.86. The fourth-order valence-electron chi connectivity index (χ4n) is 3.04. The Labute approximate surface area is 148 Å². The van der Waals surface area contributed by atoms with Gasteiger partial charge in [-0.15, -0.1) is 0 Å². The highest BCUT2D eigenvalue weighted by Crippen LogP contribution is 2.26. The van der Waals surface area contributed by atoms with Crippen LogP contribution in [0.3, 0.4) is 0 Å². The molecular weight excluding hydrogens is 322 g/mol. The number of Topliss-reactive ketones (excluding diaryl/α,β-unsaturated/α-hetero) is 1. The minimum atomic E-state index is -0.524. The Balaban J connectivity index is 2.00. The SMILES string of the molecule is Cc1nc(C=O)n(C(C)C)c1C(=O)CC1CN(C(=O)OC(C)(C)C)C1. The molecule has 1 fully saturated rings. The van der Waals surface area contributed by atoms with E-state index < -0.39 is 5.60 Å². The van der Waals surface area contributed by atoms with Gasteiger partial charge in [-0.1, -0.05) is 0 Å². The lowest BCUT2D eigenvalue weighted by atomic mass is 9.93. The van der Waals surface area contributed by atoms with Gasteiger partial charge in [-0.25, -0.2) is 9.78 Å². The van der Waals surface area contributed by atoms with E-state index in [1.54, 1.807) is 16.4 Å². The molecule has 0 radical (unpaired) electrons. The third kappa shape index (κ3) is 4.27. The molecule has 1 aromatic rings. The molecule has 0 spiro atoms. The lowest BCUT2D eigenvalue weighted by molar-refractivity contribution is -0.00178. The van der Waals surface area contributed by atoms with Crippen molar-refractivity contribution in [3.8, 4) is 0 Å². The van der Waals surface area contributed by atoms with Crippen LogP contribution in [0.2, 0.25) is 0 Å². The third-order valence-electron chi connectivity index (χ3n) is 4.08. The Kier molecular flexibility index (Phi) is 5.34. The zero-order valence-electron chi connectivity index (χ0n) is 15.8. The molecule has 0 atom stereocenters. The molecule has 25 heavy (non-hydrogen) atoms. The lowest BCUT2D eigenvalue weighted by Crippen LogP contribution is -2.52. The van der Waals surface area contributed by atoms with Gasteiger partial charge in [-0.2, -0.15) is 0 Å². The van der Waals surface area contributed by atoms with E-state index in [2.05, 4.69) is 4.98 Å². The summed E-state index contributed by atoms with van der Waals surface area (Å²) in [7, 11) is 0. The highest BCUT2D eigenvalue weighted by atomic mass is 16.6. The van der Waals surface area contributed by atoms with Gasteiger partial charge >= 0.3 is 6.09 Å². The number of amides is 1. The summed E-state index contributed by atoms with van der Waals surface area (Å²) in [5.74, 6) is 0.343. The van der Waals surface area contributed by atoms with Gasteiger partial charge in [-0.3, -0.25) is 9.59 Å². The fraction of sp³-hybridized carbons (Fsp3) is 0.667. The highest BCUT2D eigenvalue weighted by molar-refractivity contribution is 5.97. The number of ketones is 1. The van der Waals surface area contributed by atoms with Gasteiger partial charge in [0.1, 0.15) is 11.3 Å². The normalized spacial score (nSPS) is 15.2. The van der Waals surface area contributed by atoms with E-state index >= 15 is 0 Å². The van der Waals surface area contributed by atoms with E-state index in [1.165, 1.54) is 0 Å². The number of hydrogen-bond acceptors (Lipinski definition) is 5. The van der Waals surface area contributed by atoms with E-state index in [1.807, 2.05) is 34.6 Å². The number of aromatic nitrogens is 2. The molecule has 0 aliphatic carbocycles. The zero-order chi connectivity index (χ0) is 18.9. The summed E-state index contributed by atoms with van der Waals surface area (Å²) in [6.07, 6.45) is 0.664. The molecule has 7 heteroatoms. The van der Waals surface area contributed by atoms with Crippen molar-refractivity contribution in [2.75, 3.05) is 13.1 Å². The first-order chi connectivity index (χ1) is 11.5. The highest BCUT2D eigenvalue weighted by Gasteiger charge is 2.36. The summed E-state index contributed by atoms with van der Waals surface area (Å²) in [6.45, 7) is 12.1. The molecule has 1 aliphatic rings. The maximum Gasteiger partial charge on any atom is 0.410 e. The van der Waals surface area contributed by atoms with Crippen LogP contribution in [0.15, 0.2) is 0 Å². The average molecular weight is 349 g/mol. The Bertz CT molecular complexity index is 679. The Morgan fingerprint density at radius 2 is 1.92 bits per heavy atom. The molecule has 2 heterocycles. The number of aldehydes is 1. The maximum atomic E-state index is 12.7. The van der Waals surface area contributed by atoms with Gasteiger partial charge in [0.05, 0.1) is 5.69 Å². The van der Waals surface area contributed by atoms with E-state index in [0.29, 0.717) is 37.2 Å². The molecule has 1 aromatic heterocycles. The van der Waals surface area contributed by atoms with Crippen LogP contribution in [0.1, 0.15) is 73.9 Å². The van der Waals surface area contributed by atoms with Crippen molar-refractivity contribution in [2.24, 2.45) is 5.92 Å². The lowest BCUT2D eigenvalue weighted by Gasteiger charge is -2.39. The van der Waals surface area contributed by atoms with E-state index in [-0.39, 0.29) is 29.7 Å².